The lowest BCUT2D eigenvalue weighted by molar-refractivity contribution is -0.937. The summed E-state index contributed by atoms with van der Waals surface area (Å²) in [4.78, 5) is 4.02. The Morgan fingerprint density at radius 3 is 2.42 bits per heavy atom. The minimum Gasteiger partial charge on any atom is -0.360 e. The number of aromatic nitrogens is 4. The van der Waals surface area contributed by atoms with Crippen molar-refractivity contribution in [3.63, 3.8) is 0 Å². The van der Waals surface area contributed by atoms with E-state index in [1.807, 2.05) is 4.68 Å². The minimum absolute atomic E-state index is 0.219. The van der Waals surface area contributed by atoms with E-state index >= 15 is 0 Å². The second-order valence-corrected chi connectivity index (χ2v) is 8.98. The normalized spacial score (nSPS) is 16.1. The van der Waals surface area contributed by atoms with Crippen molar-refractivity contribution in [1.82, 2.24) is 20.2 Å². The number of nitrogens with zero attached hydrogens (tertiary/aromatic N) is 5. The van der Waals surface area contributed by atoms with Crippen LogP contribution in [0.1, 0.15) is 42.4 Å². The molecule has 7 heteroatoms. The summed E-state index contributed by atoms with van der Waals surface area (Å²) in [5.41, 5.74) is 4.97. The van der Waals surface area contributed by atoms with Crippen molar-refractivity contribution in [3.8, 4) is 0 Å². The van der Waals surface area contributed by atoms with Gasteiger partial charge in [0.2, 0.25) is 5.82 Å². The predicted octanol–water partition coefficient (Wildman–Crippen LogP) is 2.58. The van der Waals surface area contributed by atoms with Crippen LogP contribution in [-0.4, -0.2) is 46.4 Å². The molecule has 0 aliphatic carbocycles. The van der Waals surface area contributed by atoms with Crippen LogP contribution >= 0.6 is 0 Å². The Hall–Kier alpha value is -2.80. The number of anilines is 1. The van der Waals surface area contributed by atoms with Gasteiger partial charge >= 0.3 is 0 Å². The van der Waals surface area contributed by atoms with Gasteiger partial charge in [-0.3, -0.25) is 0 Å². The zero-order valence-corrected chi connectivity index (χ0v) is 18.8. The maximum atomic E-state index is 13.3. The van der Waals surface area contributed by atoms with Crippen molar-refractivity contribution in [2.75, 3.05) is 31.1 Å². The Morgan fingerprint density at radius 2 is 1.74 bits per heavy atom. The van der Waals surface area contributed by atoms with Crippen molar-refractivity contribution < 1.29 is 9.29 Å². The molecule has 1 aromatic heterocycles. The molecule has 1 aliphatic rings. The number of quaternary nitrogens is 1. The molecule has 3 aromatic rings. The molecular formula is C24H32FN6+. The number of aryl methyl sites for hydroxylation is 2. The molecule has 2 aromatic carbocycles. The molecule has 1 fully saturated rings. The molecule has 164 valence electrons. The summed E-state index contributed by atoms with van der Waals surface area (Å²) in [6.07, 6.45) is 0. The third kappa shape index (κ3) is 4.77. The summed E-state index contributed by atoms with van der Waals surface area (Å²) in [6, 6.07) is 13.5. The van der Waals surface area contributed by atoms with Gasteiger partial charge in [-0.1, -0.05) is 38.1 Å². The minimum atomic E-state index is -0.230. The Balaban J connectivity index is 1.50. The quantitative estimate of drug-likeness (QED) is 0.662. The number of hydrogen-bond donors (Lipinski definition) is 1. The Labute approximate surface area is 183 Å². The van der Waals surface area contributed by atoms with Gasteiger partial charge in [-0.2, -0.15) is 0 Å². The predicted molar refractivity (Wildman–Crippen MR) is 120 cm³/mol. The SMILES string of the molecule is Cc1ccc(C)c(N2CC[NH+]([C@H](c3nnnn3Cc3ccc(F)cc3)C(C)C)CC2)c1. The molecule has 4 rings (SSSR count). The maximum absolute atomic E-state index is 13.3. The lowest BCUT2D eigenvalue weighted by atomic mass is 10.00. The highest BCUT2D eigenvalue weighted by Crippen LogP contribution is 2.23. The molecule has 0 saturated carbocycles. The molecule has 0 radical (unpaired) electrons. The van der Waals surface area contributed by atoms with Gasteiger partial charge < -0.3 is 9.80 Å². The van der Waals surface area contributed by atoms with Crippen LogP contribution in [0.2, 0.25) is 0 Å². The monoisotopic (exact) mass is 423 g/mol. The number of tetrazole rings is 1. The Kier molecular flexibility index (Phi) is 6.32. The topological polar surface area (TPSA) is 51.3 Å². The molecule has 1 N–H and O–H groups in total. The van der Waals surface area contributed by atoms with Gasteiger partial charge in [-0.15, -0.1) is 5.10 Å². The van der Waals surface area contributed by atoms with E-state index in [1.165, 1.54) is 33.8 Å². The van der Waals surface area contributed by atoms with Gasteiger partial charge in [0.1, 0.15) is 5.82 Å². The summed E-state index contributed by atoms with van der Waals surface area (Å²) in [5, 5.41) is 12.7. The van der Waals surface area contributed by atoms with Crippen LogP contribution in [0.5, 0.6) is 0 Å². The average Bonchev–Trinajstić information content (AvgIpc) is 3.19. The molecule has 2 heterocycles. The number of halogens is 1. The van der Waals surface area contributed by atoms with Crippen molar-refractivity contribution in [2.24, 2.45) is 5.92 Å². The summed E-state index contributed by atoms with van der Waals surface area (Å²) >= 11 is 0. The first-order valence-corrected chi connectivity index (χ1v) is 11.1. The van der Waals surface area contributed by atoms with Crippen molar-refractivity contribution in [2.45, 2.75) is 40.3 Å². The van der Waals surface area contributed by atoms with Crippen molar-refractivity contribution >= 4 is 5.69 Å². The summed E-state index contributed by atoms with van der Waals surface area (Å²) in [7, 11) is 0. The van der Waals surface area contributed by atoms with Crippen LogP contribution in [0.15, 0.2) is 42.5 Å². The van der Waals surface area contributed by atoms with Gasteiger partial charge in [0.05, 0.1) is 32.7 Å². The average molecular weight is 424 g/mol. The van der Waals surface area contributed by atoms with Crippen LogP contribution in [0.3, 0.4) is 0 Å². The van der Waals surface area contributed by atoms with E-state index in [2.05, 4.69) is 66.3 Å². The number of piperazine rings is 1. The zero-order valence-electron chi connectivity index (χ0n) is 18.8. The molecule has 0 bridgehead atoms. The highest BCUT2D eigenvalue weighted by molar-refractivity contribution is 5.55. The fraction of sp³-hybridized carbons (Fsp3) is 0.458. The van der Waals surface area contributed by atoms with E-state index < -0.39 is 0 Å². The number of benzene rings is 2. The lowest BCUT2D eigenvalue weighted by Crippen LogP contribution is -3.15. The highest BCUT2D eigenvalue weighted by Gasteiger charge is 2.35. The first-order valence-electron chi connectivity index (χ1n) is 11.1. The smallest absolute Gasteiger partial charge is 0.209 e. The summed E-state index contributed by atoms with van der Waals surface area (Å²) in [6.45, 7) is 13.5. The molecule has 0 unspecified atom stereocenters. The van der Waals surface area contributed by atoms with Gasteiger partial charge in [0, 0.05) is 11.6 Å². The Bertz CT molecular complexity index is 1010. The summed E-state index contributed by atoms with van der Waals surface area (Å²) in [5.74, 6) is 1.08. The number of nitrogens with one attached hydrogen (secondary N) is 1. The number of hydrogen-bond acceptors (Lipinski definition) is 4. The zero-order chi connectivity index (χ0) is 22.0. The highest BCUT2D eigenvalue weighted by atomic mass is 19.1. The Morgan fingerprint density at radius 1 is 1.03 bits per heavy atom. The van der Waals surface area contributed by atoms with Gasteiger partial charge in [-0.25, -0.2) is 9.07 Å². The van der Waals surface area contributed by atoms with Crippen molar-refractivity contribution in [3.05, 3.63) is 70.8 Å². The van der Waals surface area contributed by atoms with Gasteiger partial charge in [0.25, 0.3) is 0 Å². The number of rotatable bonds is 6. The molecule has 6 nitrogen and oxygen atoms in total. The maximum Gasteiger partial charge on any atom is 0.209 e. The summed E-state index contributed by atoms with van der Waals surface area (Å²) < 4.78 is 15.1. The second-order valence-electron chi connectivity index (χ2n) is 8.98. The van der Waals surface area contributed by atoms with Crippen LogP contribution in [-0.2, 0) is 6.54 Å². The van der Waals surface area contributed by atoms with Crippen molar-refractivity contribution in [1.29, 1.82) is 0 Å². The lowest BCUT2D eigenvalue weighted by Gasteiger charge is -2.39. The molecular weight excluding hydrogens is 391 g/mol. The molecule has 31 heavy (non-hydrogen) atoms. The molecule has 1 aliphatic heterocycles. The van der Waals surface area contributed by atoms with E-state index in [-0.39, 0.29) is 11.9 Å². The van der Waals surface area contributed by atoms with E-state index in [0.29, 0.717) is 12.5 Å². The molecule has 0 spiro atoms. The fourth-order valence-corrected chi connectivity index (χ4v) is 4.67. The second kappa shape index (κ2) is 9.14. The molecule has 1 atom stereocenters. The van der Waals surface area contributed by atoms with Gasteiger partial charge in [0.15, 0.2) is 6.04 Å². The van der Waals surface area contributed by atoms with E-state index in [9.17, 15) is 4.39 Å². The third-order valence-electron chi connectivity index (χ3n) is 6.30. The first kappa shape index (κ1) is 21.4. The standard InChI is InChI=1S/C24H31FN6/c1-17(2)23(24-26-27-28-31(24)16-20-7-9-21(25)10-8-20)30-13-11-29(12-14-30)22-15-18(3)5-6-19(22)4/h5-10,15,17,23H,11-14,16H2,1-4H3/p+1/t23-/m0/s1. The van der Waals surface area contributed by atoms with Crippen LogP contribution in [0.4, 0.5) is 10.1 Å². The van der Waals surface area contributed by atoms with E-state index in [1.54, 1.807) is 12.1 Å². The van der Waals surface area contributed by atoms with Crippen LogP contribution in [0, 0.1) is 25.6 Å². The molecule has 0 amide bonds. The van der Waals surface area contributed by atoms with Crippen LogP contribution < -0.4 is 9.80 Å². The third-order valence-corrected chi connectivity index (χ3v) is 6.30. The van der Waals surface area contributed by atoms with Gasteiger partial charge in [-0.05, 0) is 59.2 Å². The van der Waals surface area contributed by atoms with Crippen LogP contribution in [0.25, 0.3) is 0 Å². The fourth-order valence-electron chi connectivity index (χ4n) is 4.67. The first-order chi connectivity index (χ1) is 14.9. The van der Waals surface area contributed by atoms with E-state index in [4.69, 9.17) is 0 Å². The molecule has 1 saturated heterocycles. The van der Waals surface area contributed by atoms with E-state index in [0.717, 1.165) is 37.6 Å². The largest absolute Gasteiger partial charge is 0.360 e.